The van der Waals surface area contributed by atoms with E-state index in [1.165, 1.54) is 38.5 Å². The van der Waals surface area contributed by atoms with Crippen LogP contribution >= 0.6 is 0 Å². The lowest BCUT2D eigenvalue weighted by Gasteiger charge is -2.32. The Labute approximate surface area is 89.7 Å². The SMILES string of the molecule is CCNC1CCCCC1CCC(C)C. The minimum absolute atomic E-state index is 0.826. The first-order chi connectivity index (χ1) is 6.74. The van der Waals surface area contributed by atoms with Gasteiger partial charge in [-0.05, 0) is 37.6 Å². The van der Waals surface area contributed by atoms with E-state index in [0.717, 1.165) is 24.4 Å². The fraction of sp³-hybridized carbons (Fsp3) is 1.00. The Morgan fingerprint density at radius 1 is 1.21 bits per heavy atom. The third-order valence-corrected chi connectivity index (χ3v) is 3.49. The Kier molecular flexibility index (Phi) is 5.54. The van der Waals surface area contributed by atoms with E-state index in [0.29, 0.717) is 0 Å². The summed E-state index contributed by atoms with van der Waals surface area (Å²) in [7, 11) is 0. The Morgan fingerprint density at radius 2 is 1.93 bits per heavy atom. The van der Waals surface area contributed by atoms with Crippen LogP contribution in [0.2, 0.25) is 0 Å². The van der Waals surface area contributed by atoms with Gasteiger partial charge in [0.1, 0.15) is 0 Å². The van der Waals surface area contributed by atoms with Gasteiger partial charge < -0.3 is 5.32 Å². The molecule has 0 aromatic carbocycles. The van der Waals surface area contributed by atoms with Gasteiger partial charge in [0.2, 0.25) is 0 Å². The van der Waals surface area contributed by atoms with Crippen LogP contribution in [0.5, 0.6) is 0 Å². The van der Waals surface area contributed by atoms with Crippen molar-refractivity contribution in [2.45, 2.75) is 65.3 Å². The Morgan fingerprint density at radius 3 is 2.57 bits per heavy atom. The van der Waals surface area contributed by atoms with E-state index in [4.69, 9.17) is 0 Å². The number of nitrogens with one attached hydrogen (secondary N) is 1. The molecule has 1 heteroatoms. The molecule has 0 heterocycles. The van der Waals surface area contributed by atoms with Crippen molar-refractivity contribution in [3.05, 3.63) is 0 Å². The first-order valence-electron chi connectivity index (χ1n) is 6.47. The zero-order valence-electron chi connectivity index (χ0n) is 10.2. The summed E-state index contributed by atoms with van der Waals surface area (Å²) in [4.78, 5) is 0. The molecule has 0 aromatic heterocycles. The minimum Gasteiger partial charge on any atom is -0.314 e. The molecule has 2 unspecified atom stereocenters. The van der Waals surface area contributed by atoms with Crippen LogP contribution in [0.4, 0.5) is 0 Å². The smallest absolute Gasteiger partial charge is 0.00952 e. The molecular weight excluding hydrogens is 170 g/mol. The maximum Gasteiger partial charge on any atom is 0.00952 e. The van der Waals surface area contributed by atoms with Crippen molar-refractivity contribution >= 4 is 0 Å². The maximum atomic E-state index is 3.66. The molecule has 14 heavy (non-hydrogen) atoms. The van der Waals surface area contributed by atoms with Crippen molar-refractivity contribution in [1.29, 1.82) is 0 Å². The third-order valence-electron chi connectivity index (χ3n) is 3.49. The molecule has 1 aliphatic carbocycles. The molecule has 1 rings (SSSR count). The van der Waals surface area contributed by atoms with Crippen LogP contribution in [0.3, 0.4) is 0 Å². The normalized spacial score (nSPS) is 28.3. The largest absolute Gasteiger partial charge is 0.314 e. The van der Waals surface area contributed by atoms with Crippen molar-refractivity contribution in [2.75, 3.05) is 6.54 Å². The Bertz CT molecular complexity index is 140. The molecule has 0 saturated heterocycles. The summed E-state index contributed by atoms with van der Waals surface area (Å²) in [5.41, 5.74) is 0. The van der Waals surface area contributed by atoms with Gasteiger partial charge >= 0.3 is 0 Å². The van der Waals surface area contributed by atoms with Gasteiger partial charge in [-0.15, -0.1) is 0 Å². The van der Waals surface area contributed by atoms with Crippen LogP contribution < -0.4 is 5.32 Å². The van der Waals surface area contributed by atoms with Crippen LogP contribution in [-0.4, -0.2) is 12.6 Å². The molecule has 0 aromatic rings. The second-order valence-corrected chi connectivity index (χ2v) is 5.18. The lowest BCUT2D eigenvalue weighted by atomic mass is 9.80. The van der Waals surface area contributed by atoms with Crippen molar-refractivity contribution in [1.82, 2.24) is 5.32 Å². The summed E-state index contributed by atoms with van der Waals surface area (Å²) in [6.07, 6.45) is 8.63. The second-order valence-electron chi connectivity index (χ2n) is 5.18. The van der Waals surface area contributed by atoms with Crippen LogP contribution in [0, 0.1) is 11.8 Å². The highest BCUT2D eigenvalue weighted by Gasteiger charge is 2.23. The van der Waals surface area contributed by atoms with Crippen LogP contribution in [-0.2, 0) is 0 Å². The third kappa shape index (κ3) is 4.00. The topological polar surface area (TPSA) is 12.0 Å². The summed E-state index contributed by atoms with van der Waals surface area (Å²) in [6, 6.07) is 0.826. The number of rotatable bonds is 5. The summed E-state index contributed by atoms with van der Waals surface area (Å²) in [5.74, 6) is 1.84. The first-order valence-corrected chi connectivity index (χ1v) is 6.47. The maximum absolute atomic E-state index is 3.66. The average molecular weight is 197 g/mol. The lowest BCUT2D eigenvalue weighted by molar-refractivity contribution is 0.240. The predicted molar refractivity (Wildman–Crippen MR) is 63.5 cm³/mol. The van der Waals surface area contributed by atoms with E-state index in [1.54, 1.807) is 0 Å². The second kappa shape index (κ2) is 6.44. The van der Waals surface area contributed by atoms with E-state index in [2.05, 4.69) is 26.1 Å². The van der Waals surface area contributed by atoms with Gasteiger partial charge in [0.25, 0.3) is 0 Å². The highest BCUT2D eigenvalue weighted by Crippen LogP contribution is 2.29. The van der Waals surface area contributed by atoms with E-state index >= 15 is 0 Å². The van der Waals surface area contributed by atoms with Crippen molar-refractivity contribution in [3.63, 3.8) is 0 Å². The van der Waals surface area contributed by atoms with Gasteiger partial charge in [-0.2, -0.15) is 0 Å². The molecule has 1 nitrogen and oxygen atoms in total. The Hall–Kier alpha value is -0.0400. The molecule has 0 amide bonds. The van der Waals surface area contributed by atoms with E-state index < -0.39 is 0 Å². The predicted octanol–water partition coefficient (Wildman–Crippen LogP) is 3.59. The van der Waals surface area contributed by atoms with Gasteiger partial charge in [-0.1, -0.05) is 40.0 Å². The van der Waals surface area contributed by atoms with Crippen LogP contribution in [0.25, 0.3) is 0 Å². The summed E-state index contributed by atoms with van der Waals surface area (Å²) in [6.45, 7) is 8.05. The average Bonchev–Trinajstić information content (AvgIpc) is 2.17. The fourth-order valence-corrected chi connectivity index (χ4v) is 2.63. The van der Waals surface area contributed by atoms with Gasteiger partial charge in [-0.25, -0.2) is 0 Å². The number of hydrogen-bond donors (Lipinski definition) is 1. The van der Waals surface area contributed by atoms with E-state index in [1.807, 2.05) is 0 Å². The minimum atomic E-state index is 0.826. The zero-order valence-corrected chi connectivity index (χ0v) is 10.2. The zero-order chi connectivity index (χ0) is 10.4. The van der Waals surface area contributed by atoms with Crippen LogP contribution in [0.1, 0.15) is 59.3 Å². The van der Waals surface area contributed by atoms with Gasteiger partial charge in [0.05, 0.1) is 0 Å². The lowest BCUT2D eigenvalue weighted by Crippen LogP contribution is -2.38. The molecule has 1 N–H and O–H groups in total. The highest BCUT2D eigenvalue weighted by molar-refractivity contribution is 4.80. The monoisotopic (exact) mass is 197 g/mol. The first kappa shape index (κ1) is 12.0. The van der Waals surface area contributed by atoms with Gasteiger partial charge in [-0.3, -0.25) is 0 Å². The van der Waals surface area contributed by atoms with Gasteiger partial charge in [0, 0.05) is 6.04 Å². The summed E-state index contributed by atoms with van der Waals surface area (Å²) >= 11 is 0. The van der Waals surface area contributed by atoms with E-state index in [9.17, 15) is 0 Å². The molecular formula is C13H27N. The summed E-state index contributed by atoms with van der Waals surface area (Å²) < 4.78 is 0. The molecule has 84 valence electrons. The van der Waals surface area contributed by atoms with Crippen molar-refractivity contribution in [3.8, 4) is 0 Å². The van der Waals surface area contributed by atoms with Crippen LogP contribution in [0.15, 0.2) is 0 Å². The highest BCUT2D eigenvalue weighted by atomic mass is 14.9. The molecule has 0 aliphatic heterocycles. The summed E-state index contributed by atoms with van der Waals surface area (Å²) in [5, 5.41) is 3.66. The van der Waals surface area contributed by atoms with E-state index in [-0.39, 0.29) is 0 Å². The van der Waals surface area contributed by atoms with Crippen molar-refractivity contribution < 1.29 is 0 Å². The molecule has 2 atom stereocenters. The molecule has 0 radical (unpaired) electrons. The standard InChI is InChI=1S/C13H27N/c1-4-14-13-8-6-5-7-12(13)10-9-11(2)3/h11-14H,4-10H2,1-3H3. The van der Waals surface area contributed by atoms with Gasteiger partial charge in [0.15, 0.2) is 0 Å². The Balaban J connectivity index is 2.30. The molecule has 1 aliphatic rings. The van der Waals surface area contributed by atoms with Crippen molar-refractivity contribution in [2.24, 2.45) is 11.8 Å². The fourth-order valence-electron chi connectivity index (χ4n) is 2.63. The molecule has 1 fully saturated rings. The number of hydrogen-bond acceptors (Lipinski definition) is 1. The molecule has 0 bridgehead atoms. The molecule has 0 spiro atoms. The molecule has 1 saturated carbocycles. The quantitative estimate of drug-likeness (QED) is 0.710.